The second-order valence-electron chi connectivity index (χ2n) is 6.47. The lowest BCUT2D eigenvalue weighted by atomic mass is 10.1. The first kappa shape index (κ1) is 19.8. The van der Waals surface area contributed by atoms with Crippen molar-refractivity contribution in [1.82, 2.24) is 9.21 Å². The summed E-state index contributed by atoms with van der Waals surface area (Å²) in [6.45, 7) is 3.67. The molecule has 0 radical (unpaired) electrons. The number of amides is 1. The molecule has 1 N–H and O–H groups in total. The molecular formula is C17H27N3O4S. The lowest BCUT2D eigenvalue weighted by molar-refractivity contribution is -0.114. The fourth-order valence-electron chi connectivity index (χ4n) is 2.82. The summed E-state index contributed by atoms with van der Waals surface area (Å²) in [5.41, 5.74) is 0.581. The highest BCUT2D eigenvalue weighted by Gasteiger charge is 2.32. The third-order valence-electron chi connectivity index (χ3n) is 4.15. The van der Waals surface area contributed by atoms with Crippen LogP contribution >= 0.6 is 0 Å². The average Bonchev–Trinajstić information content (AvgIpc) is 2.55. The quantitative estimate of drug-likeness (QED) is 0.785. The summed E-state index contributed by atoms with van der Waals surface area (Å²) < 4.78 is 33.3. The van der Waals surface area contributed by atoms with Gasteiger partial charge in [0.05, 0.1) is 4.90 Å². The molecule has 0 aliphatic carbocycles. The molecule has 1 aliphatic rings. The molecule has 8 heteroatoms. The third-order valence-corrected chi connectivity index (χ3v) is 6.11. The molecule has 25 heavy (non-hydrogen) atoms. The van der Waals surface area contributed by atoms with Crippen LogP contribution < -0.4 is 5.32 Å². The zero-order valence-electron chi connectivity index (χ0n) is 15.1. The van der Waals surface area contributed by atoms with Crippen molar-refractivity contribution in [1.29, 1.82) is 0 Å². The molecule has 1 aromatic carbocycles. The van der Waals surface area contributed by atoms with Crippen LogP contribution in [0.1, 0.15) is 19.8 Å². The molecule has 1 amide bonds. The van der Waals surface area contributed by atoms with E-state index in [1.807, 2.05) is 19.0 Å². The maximum atomic E-state index is 13.2. The first-order valence-corrected chi connectivity index (χ1v) is 9.86. The molecule has 0 atom stereocenters. The lowest BCUT2D eigenvalue weighted by Crippen LogP contribution is -2.46. The van der Waals surface area contributed by atoms with Gasteiger partial charge < -0.3 is 15.0 Å². The number of ether oxygens (including phenoxy) is 1. The zero-order valence-corrected chi connectivity index (χ0v) is 15.9. The predicted molar refractivity (Wildman–Crippen MR) is 97.0 cm³/mol. The summed E-state index contributed by atoms with van der Waals surface area (Å²) in [5.74, 6) is -0.189. The summed E-state index contributed by atoms with van der Waals surface area (Å²) >= 11 is 0. The summed E-state index contributed by atoms with van der Waals surface area (Å²) in [6.07, 6.45) is 1.41. The summed E-state index contributed by atoms with van der Waals surface area (Å²) in [4.78, 5) is 13.3. The van der Waals surface area contributed by atoms with Crippen LogP contribution in [0.15, 0.2) is 29.2 Å². The van der Waals surface area contributed by atoms with Crippen LogP contribution in [-0.4, -0.2) is 70.0 Å². The van der Waals surface area contributed by atoms with E-state index in [0.717, 1.165) is 0 Å². The Kier molecular flexibility index (Phi) is 6.95. The Labute approximate surface area is 150 Å². The van der Waals surface area contributed by atoms with Crippen LogP contribution in [0.4, 0.5) is 5.69 Å². The van der Waals surface area contributed by atoms with Gasteiger partial charge in [0.1, 0.15) is 0 Å². The number of nitrogens with zero attached hydrogens (tertiary/aromatic N) is 2. The molecule has 0 saturated carbocycles. The maximum absolute atomic E-state index is 13.2. The van der Waals surface area contributed by atoms with E-state index in [1.54, 1.807) is 28.6 Å². The number of likely N-dealkylation sites (N-methyl/N-ethyl adjacent to an activating group) is 1. The fourth-order valence-corrected chi connectivity index (χ4v) is 4.50. The minimum Gasteiger partial charge on any atom is -0.381 e. The number of benzene rings is 1. The Morgan fingerprint density at radius 2 is 1.76 bits per heavy atom. The summed E-state index contributed by atoms with van der Waals surface area (Å²) in [5, 5.41) is 2.65. The van der Waals surface area contributed by atoms with Crippen molar-refractivity contribution < 1.29 is 17.9 Å². The molecular weight excluding hydrogens is 342 g/mol. The predicted octanol–water partition coefficient (Wildman–Crippen LogP) is 1.38. The van der Waals surface area contributed by atoms with Gasteiger partial charge >= 0.3 is 0 Å². The van der Waals surface area contributed by atoms with E-state index in [2.05, 4.69) is 5.32 Å². The fraction of sp³-hybridized carbons (Fsp3) is 0.588. The molecule has 2 rings (SSSR count). The topological polar surface area (TPSA) is 79.0 Å². The van der Waals surface area contributed by atoms with Crippen molar-refractivity contribution >= 4 is 21.6 Å². The molecule has 140 valence electrons. The number of nitrogens with one attached hydrogen (secondary N) is 1. The minimum absolute atomic E-state index is 0.0475. The Balaban J connectivity index is 2.24. The van der Waals surface area contributed by atoms with Crippen molar-refractivity contribution in [3.8, 4) is 0 Å². The van der Waals surface area contributed by atoms with Crippen LogP contribution in [-0.2, 0) is 19.6 Å². The molecule has 0 unspecified atom stereocenters. The van der Waals surface area contributed by atoms with Crippen LogP contribution in [0, 0.1) is 0 Å². The highest BCUT2D eigenvalue weighted by atomic mass is 32.2. The highest BCUT2D eigenvalue weighted by molar-refractivity contribution is 7.89. The van der Waals surface area contributed by atoms with Gasteiger partial charge in [0.25, 0.3) is 0 Å². The molecule has 1 saturated heterocycles. The smallest absolute Gasteiger partial charge is 0.243 e. The van der Waals surface area contributed by atoms with Crippen LogP contribution in [0.2, 0.25) is 0 Å². The number of rotatable bonds is 7. The van der Waals surface area contributed by atoms with Crippen molar-refractivity contribution in [2.45, 2.75) is 30.7 Å². The van der Waals surface area contributed by atoms with E-state index in [1.165, 1.54) is 6.92 Å². The monoisotopic (exact) mass is 369 g/mol. The van der Waals surface area contributed by atoms with Crippen molar-refractivity contribution in [3.05, 3.63) is 24.3 Å². The zero-order chi connectivity index (χ0) is 18.4. The number of carbonyl (C=O) groups is 1. The first-order valence-electron chi connectivity index (χ1n) is 8.42. The van der Waals surface area contributed by atoms with E-state index in [0.29, 0.717) is 44.8 Å². The number of sulfonamides is 1. The average molecular weight is 369 g/mol. The van der Waals surface area contributed by atoms with Crippen LogP contribution in [0.25, 0.3) is 0 Å². The van der Waals surface area contributed by atoms with Gasteiger partial charge in [-0.3, -0.25) is 4.79 Å². The van der Waals surface area contributed by atoms with E-state index < -0.39 is 10.0 Å². The maximum Gasteiger partial charge on any atom is 0.243 e. The highest BCUT2D eigenvalue weighted by Crippen LogP contribution is 2.24. The van der Waals surface area contributed by atoms with Gasteiger partial charge in [-0.1, -0.05) is 0 Å². The van der Waals surface area contributed by atoms with Gasteiger partial charge in [0.15, 0.2) is 0 Å². The molecule has 0 bridgehead atoms. The molecule has 7 nitrogen and oxygen atoms in total. The van der Waals surface area contributed by atoms with Gasteiger partial charge in [-0.15, -0.1) is 0 Å². The minimum atomic E-state index is -3.60. The summed E-state index contributed by atoms with van der Waals surface area (Å²) in [7, 11) is 0.252. The molecule has 1 fully saturated rings. The van der Waals surface area contributed by atoms with Crippen LogP contribution in [0.5, 0.6) is 0 Å². The number of hydrogen-bond donors (Lipinski definition) is 1. The summed E-state index contributed by atoms with van der Waals surface area (Å²) in [6, 6.07) is 6.27. The Hall–Kier alpha value is -1.48. The second kappa shape index (κ2) is 8.75. The second-order valence-corrected chi connectivity index (χ2v) is 8.36. The number of hydrogen-bond acceptors (Lipinski definition) is 5. The van der Waals surface area contributed by atoms with Gasteiger partial charge in [0.2, 0.25) is 15.9 Å². The Bertz CT molecular complexity index is 668. The van der Waals surface area contributed by atoms with E-state index in [9.17, 15) is 13.2 Å². The lowest BCUT2D eigenvalue weighted by Gasteiger charge is -2.34. The third kappa shape index (κ3) is 5.50. The Morgan fingerprint density at radius 3 is 2.28 bits per heavy atom. The van der Waals surface area contributed by atoms with Gasteiger partial charge in [-0.05, 0) is 51.2 Å². The van der Waals surface area contributed by atoms with E-state index in [4.69, 9.17) is 4.74 Å². The molecule has 1 heterocycles. The first-order chi connectivity index (χ1) is 11.8. The Morgan fingerprint density at radius 1 is 1.16 bits per heavy atom. The number of anilines is 1. The molecule has 0 spiro atoms. The van der Waals surface area contributed by atoms with Gasteiger partial charge in [-0.25, -0.2) is 8.42 Å². The molecule has 0 aromatic heterocycles. The molecule has 1 aromatic rings. The standard InChI is InChI=1S/C17H27N3O4S/c1-14(21)18-15-4-6-17(7-5-15)25(22,23)20(11-10-19(2)3)16-8-12-24-13-9-16/h4-7,16H,8-13H2,1-3H3,(H,18,21). The molecule has 1 aliphatic heterocycles. The number of carbonyl (C=O) groups excluding carboxylic acids is 1. The van der Waals surface area contributed by atoms with Crippen LogP contribution in [0.3, 0.4) is 0 Å². The van der Waals surface area contributed by atoms with E-state index >= 15 is 0 Å². The van der Waals surface area contributed by atoms with Crippen molar-refractivity contribution in [2.75, 3.05) is 45.7 Å². The largest absolute Gasteiger partial charge is 0.381 e. The van der Waals surface area contributed by atoms with E-state index in [-0.39, 0.29) is 16.8 Å². The van der Waals surface area contributed by atoms with Gasteiger partial charge in [-0.2, -0.15) is 4.31 Å². The SMILES string of the molecule is CC(=O)Nc1ccc(S(=O)(=O)N(CCN(C)C)C2CCOCC2)cc1. The van der Waals surface area contributed by atoms with Crippen molar-refractivity contribution in [2.24, 2.45) is 0 Å². The van der Waals surface area contributed by atoms with Gasteiger partial charge in [0, 0.05) is 45.0 Å². The van der Waals surface area contributed by atoms with Crippen molar-refractivity contribution in [3.63, 3.8) is 0 Å². The normalized spacial score (nSPS) is 16.4.